The molecule has 20 heteroatoms. The minimum absolute atomic E-state index is 0.0141. The molecule has 2 aromatic carbocycles. The van der Waals surface area contributed by atoms with Gasteiger partial charge in [0.05, 0.1) is 49.8 Å². The van der Waals surface area contributed by atoms with E-state index in [1.807, 2.05) is 52.8 Å². The fraction of sp³-hybridized carbons (Fsp3) is 0.545. The van der Waals surface area contributed by atoms with Crippen molar-refractivity contribution in [1.29, 1.82) is 0 Å². The summed E-state index contributed by atoms with van der Waals surface area (Å²) in [7, 11) is 3.23. The highest BCUT2D eigenvalue weighted by Gasteiger charge is 2.78. The number of nitrogens with one attached hydrogen (secondary N) is 2. The van der Waals surface area contributed by atoms with Gasteiger partial charge < -0.3 is 44.5 Å². The van der Waals surface area contributed by atoms with Gasteiger partial charge in [-0.05, 0) is 126 Å². The van der Waals surface area contributed by atoms with Crippen molar-refractivity contribution < 1.29 is 66.7 Å². The van der Waals surface area contributed by atoms with E-state index in [4.69, 9.17) is 19.3 Å². The third kappa shape index (κ3) is 11.4. The number of H-pyrrole nitrogens is 1. The van der Waals surface area contributed by atoms with Crippen LogP contribution in [0.5, 0.6) is 17.2 Å². The maximum atomic E-state index is 17.2. The van der Waals surface area contributed by atoms with Gasteiger partial charge in [-0.3, -0.25) is 24.4 Å². The number of aliphatic hydroxyl groups excluding tert-OH is 3. The Hall–Kier alpha value is -4.96. The summed E-state index contributed by atoms with van der Waals surface area (Å²) in [6, 6.07) is 9.25. The van der Waals surface area contributed by atoms with E-state index in [1.165, 1.54) is 25.1 Å². The number of pyridine rings is 1. The van der Waals surface area contributed by atoms with Gasteiger partial charge in [-0.2, -0.15) is 4.98 Å². The van der Waals surface area contributed by atoms with Crippen LogP contribution in [0.2, 0.25) is 0 Å². The number of β-amino-alcohol motifs (C(OH)–C–C–N with tert-alkyl or cyclic N) is 1. The first-order chi connectivity index (χ1) is 35.2. The van der Waals surface area contributed by atoms with Gasteiger partial charge in [0.1, 0.15) is 29.4 Å². The summed E-state index contributed by atoms with van der Waals surface area (Å²) in [6.07, 6.45) is 1.24. The molecule has 4 aromatic rings. The first-order valence-electron chi connectivity index (χ1n) is 24.9. The van der Waals surface area contributed by atoms with Crippen LogP contribution in [0.4, 0.5) is 13.2 Å². The van der Waals surface area contributed by atoms with E-state index in [0.717, 1.165) is 39.7 Å². The number of carbonyl (C=O) groups is 3. The van der Waals surface area contributed by atoms with E-state index in [2.05, 4.69) is 20.3 Å². The Morgan fingerprint density at radius 2 is 1.80 bits per heavy atom. The molecule has 3 unspecified atom stereocenters. The number of fused-ring (bicyclic) bond motifs is 6. The fourth-order valence-corrected chi connectivity index (χ4v) is 13.6. The van der Waals surface area contributed by atoms with Crippen LogP contribution in [0, 0.1) is 42.4 Å². The summed E-state index contributed by atoms with van der Waals surface area (Å²) in [5, 5.41) is 42.7. The predicted molar refractivity (Wildman–Crippen MR) is 281 cm³/mol. The van der Waals surface area contributed by atoms with E-state index < -0.39 is 92.3 Å². The molecule has 0 bridgehead atoms. The van der Waals surface area contributed by atoms with Crippen molar-refractivity contribution in [2.24, 2.45) is 28.6 Å². The smallest absolute Gasteiger partial charge is 0.322 e. The zero-order valence-electron chi connectivity index (χ0n) is 44.4. The summed E-state index contributed by atoms with van der Waals surface area (Å²) < 4.78 is 75.1. The summed E-state index contributed by atoms with van der Waals surface area (Å²) in [5.74, 6) is -1.47. The molecule has 3 fully saturated rings. The predicted octanol–water partition coefficient (Wildman–Crippen LogP) is 8.64. The van der Waals surface area contributed by atoms with E-state index in [0.29, 0.717) is 40.3 Å². The summed E-state index contributed by atoms with van der Waals surface area (Å²) >= 11 is -0.933. The van der Waals surface area contributed by atoms with Gasteiger partial charge in [0.15, 0.2) is 22.8 Å². The van der Waals surface area contributed by atoms with Crippen LogP contribution in [0.1, 0.15) is 108 Å². The number of hydrogen-bond donors (Lipinski definition) is 6. The number of aromatic nitrogens is 3. The molecule has 4 aliphatic rings. The largest absolute Gasteiger partial charge is 0.609 e. The molecule has 0 spiro atoms. The molecular formula is C55H71F3N4O11S2. The second-order valence-electron chi connectivity index (χ2n) is 21.3. The number of allylic oxidation sites excluding steroid dienone is 4. The lowest BCUT2D eigenvalue weighted by Gasteiger charge is -2.63. The van der Waals surface area contributed by atoms with Gasteiger partial charge in [0.2, 0.25) is 5.12 Å². The quantitative estimate of drug-likeness (QED) is 0.0543. The minimum atomic E-state index is -2.30. The molecule has 8 rings (SSSR count). The van der Waals surface area contributed by atoms with Crippen LogP contribution in [-0.2, 0) is 42.7 Å². The van der Waals surface area contributed by atoms with Gasteiger partial charge in [-0.15, -0.1) is 0 Å². The summed E-state index contributed by atoms with van der Waals surface area (Å²) in [6.45, 7) is 16.6. The number of benzene rings is 2. The van der Waals surface area contributed by atoms with Crippen molar-refractivity contribution in [3.63, 3.8) is 0 Å². The van der Waals surface area contributed by atoms with Crippen LogP contribution in [0.3, 0.4) is 0 Å². The number of thioether (sulfide) groups is 1. The van der Waals surface area contributed by atoms with Crippen molar-refractivity contribution in [2.45, 2.75) is 141 Å². The second-order valence-corrected chi connectivity index (χ2v) is 23.5. The number of esters is 1. The highest BCUT2D eigenvalue weighted by molar-refractivity contribution is 8.13. The second kappa shape index (κ2) is 23.3. The monoisotopic (exact) mass is 1080 g/mol. The lowest BCUT2D eigenvalue weighted by Crippen LogP contribution is -2.70. The van der Waals surface area contributed by atoms with Crippen LogP contribution in [-0.4, -0.2) is 113 Å². The molecule has 3 saturated carbocycles. The van der Waals surface area contributed by atoms with Gasteiger partial charge in [0.25, 0.3) is 0 Å². The Bertz CT molecular complexity index is 2810. The molecule has 0 amide bonds. The topological polar surface area (TPSA) is 236 Å². The lowest BCUT2D eigenvalue weighted by molar-refractivity contribution is -0.228. The number of ether oxygens (including phenoxy) is 3. The SMILES string of the molecule is CC(C)(C)NCC(O)c1ccc(O)c(CO)c1.CCC(=O)O[C@]1(C(=O)SCF)[C@H](C)C[C@H]2C3C[C@H](F)C4=CC(=O)C=C[C@]4(C)[C@@]3(F)[C@@H](O)C[C@@]21C.COc1ccc2[nH]c([S+]([O-])Cc3ncc(C)c(OC)c3C)nc2c1. The molecule has 0 radical (unpaired) electrons. The standard InChI is InChI=1S/C25H31F3O5S.C17H19N3O3S.C13H21NO3/c1-5-20(31)33-25(21(32)34-12-26)13(2)8-15-16-10-18(27)17-9-14(29)6-7-22(17,3)24(16,28)19(30)11-23(15,25)4;1-10-8-18-15(11(2)16(10)23-4)9-24(21)17-19-13-6-5-12(22-3)7-14(13)20-17;1-13(2,3)14-7-12(17)9-4-5-11(16)10(6-9)8-15/h6-7,9,13,15-16,18-19,30H,5,8,10-12H2,1-4H3;5-8H,9H2,1-4H3,(H,19,20);4-6,12,14-17H,7-8H2,1-3H3/t13-,15+,16?,18+,19+,22+,23+,24+,25+;;/m1../s1. The third-order valence-corrected chi connectivity index (χ3v) is 17.4. The Morgan fingerprint density at radius 3 is 2.43 bits per heavy atom. The Morgan fingerprint density at radius 1 is 1.09 bits per heavy atom. The molecule has 15 nitrogen and oxygen atoms in total. The Kier molecular flexibility index (Phi) is 18.4. The number of rotatable bonds is 13. The number of carbonyl (C=O) groups excluding carboxylic acids is 3. The lowest BCUT2D eigenvalue weighted by atomic mass is 9.44. The number of imidazole rings is 1. The highest BCUT2D eigenvalue weighted by atomic mass is 32.2. The number of nitrogens with zero attached hydrogens (tertiary/aromatic N) is 2. The number of methoxy groups -OCH3 is 2. The molecule has 2 heterocycles. The van der Waals surface area contributed by atoms with Gasteiger partial charge in [0, 0.05) is 81.3 Å². The van der Waals surface area contributed by atoms with Crippen molar-refractivity contribution in [3.05, 3.63) is 94.3 Å². The van der Waals surface area contributed by atoms with Crippen LogP contribution in [0.25, 0.3) is 11.0 Å². The molecule has 0 saturated heterocycles. The van der Waals surface area contributed by atoms with Crippen molar-refractivity contribution in [1.82, 2.24) is 20.3 Å². The number of aryl methyl sites for hydroxylation is 1. The maximum Gasteiger partial charge on any atom is 0.322 e. The van der Waals surface area contributed by atoms with Crippen LogP contribution in [0.15, 0.2) is 71.6 Å². The number of ketones is 1. The maximum absolute atomic E-state index is 17.2. The van der Waals surface area contributed by atoms with E-state index >= 15 is 8.78 Å². The molecule has 11 atom stereocenters. The summed E-state index contributed by atoms with van der Waals surface area (Å²) in [5.41, 5.74) is -1.63. The first-order valence-corrected chi connectivity index (χ1v) is 27.2. The average Bonchev–Trinajstić information content (AvgIpc) is 3.89. The number of aromatic hydroxyl groups is 1. The van der Waals surface area contributed by atoms with Crippen molar-refractivity contribution in [3.8, 4) is 17.2 Å². The van der Waals surface area contributed by atoms with Gasteiger partial charge >= 0.3 is 11.1 Å². The normalized spacial score (nSPS) is 28.5. The highest BCUT2D eigenvalue weighted by Crippen LogP contribution is 2.72. The average molecular weight is 1090 g/mol. The zero-order valence-corrected chi connectivity index (χ0v) is 46.0. The molecular weight excluding hydrogens is 1010 g/mol. The minimum Gasteiger partial charge on any atom is -0.609 e. The molecule has 410 valence electrons. The summed E-state index contributed by atoms with van der Waals surface area (Å²) in [4.78, 5) is 49.7. The zero-order chi connectivity index (χ0) is 55.6. The van der Waals surface area contributed by atoms with E-state index in [9.17, 15) is 38.6 Å². The Labute approximate surface area is 443 Å². The number of alkyl halides is 3. The molecule has 6 N–H and O–H groups in total. The molecule has 75 heavy (non-hydrogen) atoms. The Balaban J connectivity index is 0.000000195. The van der Waals surface area contributed by atoms with E-state index in [-0.39, 0.29) is 54.9 Å². The number of hydrogen-bond acceptors (Lipinski definition) is 15. The third-order valence-electron chi connectivity index (χ3n) is 15.6. The number of aliphatic hydroxyl groups is 3. The number of aromatic amines is 1. The van der Waals surface area contributed by atoms with Crippen molar-refractivity contribution in [2.75, 3.05) is 26.8 Å². The number of halogens is 3. The molecule has 0 aliphatic heterocycles. The molecule has 2 aromatic heterocycles. The van der Waals surface area contributed by atoms with Crippen molar-refractivity contribution >= 4 is 50.8 Å². The van der Waals surface area contributed by atoms with Crippen LogP contribution < -0.4 is 14.8 Å². The fourth-order valence-electron chi connectivity index (χ4n) is 11.7. The van der Waals surface area contributed by atoms with E-state index in [1.54, 1.807) is 53.3 Å². The first kappa shape index (κ1) is 59.3. The van der Waals surface area contributed by atoms with Gasteiger partial charge in [-0.25, -0.2) is 13.2 Å². The molecule has 4 aliphatic carbocycles. The number of phenols is 1. The van der Waals surface area contributed by atoms with Crippen LogP contribution >= 0.6 is 11.8 Å². The van der Waals surface area contributed by atoms with Gasteiger partial charge in [-0.1, -0.05) is 32.9 Å².